The van der Waals surface area contributed by atoms with Crippen LogP contribution >= 0.6 is 27.3 Å². The molecule has 0 aliphatic carbocycles. The van der Waals surface area contributed by atoms with Crippen molar-refractivity contribution < 1.29 is 17.0 Å². The lowest BCUT2D eigenvalue weighted by Crippen LogP contribution is -3.00. The first-order valence-electron chi connectivity index (χ1n) is 6.93. The van der Waals surface area contributed by atoms with Crippen LogP contribution in [0.4, 0.5) is 0 Å². The Hall–Kier alpha value is -1.04. The highest BCUT2D eigenvalue weighted by atomic mass is 79.9. The molecule has 5 heteroatoms. The summed E-state index contributed by atoms with van der Waals surface area (Å²) >= 11 is 5.14. The van der Waals surface area contributed by atoms with E-state index < -0.39 is 0 Å². The van der Waals surface area contributed by atoms with Gasteiger partial charge in [-0.25, -0.2) is 4.98 Å². The molecule has 2 aromatic heterocycles. The maximum absolute atomic E-state index is 4.76. The fraction of sp³-hybridized carbons (Fsp3) is 0.176. The Balaban J connectivity index is 0.00000176. The van der Waals surface area contributed by atoms with Gasteiger partial charge in [-0.2, -0.15) is 0 Å². The molecule has 0 fully saturated rings. The number of thiazole rings is 1. The minimum Gasteiger partial charge on any atom is -1.00 e. The molecular formula is C17H15Br2N2S-. The summed E-state index contributed by atoms with van der Waals surface area (Å²) in [7, 11) is 0. The highest BCUT2D eigenvalue weighted by Gasteiger charge is 2.07. The fourth-order valence-corrected chi connectivity index (χ4v) is 3.25. The van der Waals surface area contributed by atoms with Crippen molar-refractivity contribution in [3.05, 3.63) is 58.1 Å². The average Bonchev–Trinajstić information content (AvgIpc) is 2.98. The first-order valence-corrected chi connectivity index (χ1v) is 8.60. The van der Waals surface area contributed by atoms with Crippen molar-refractivity contribution in [1.29, 1.82) is 0 Å². The second kappa shape index (κ2) is 7.99. The maximum Gasteiger partial charge on any atom is 0.124 e. The second-order valence-electron chi connectivity index (χ2n) is 4.83. The van der Waals surface area contributed by atoms with Crippen LogP contribution in [0, 0.1) is 0 Å². The Labute approximate surface area is 153 Å². The third-order valence-corrected chi connectivity index (χ3v) is 4.63. The molecule has 2 nitrogen and oxygen atoms in total. The van der Waals surface area contributed by atoms with Gasteiger partial charge in [-0.15, -0.1) is 11.3 Å². The van der Waals surface area contributed by atoms with Gasteiger partial charge in [0.2, 0.25) is 0 Å². The van der Waals surface area contributed by atoms with Crippen molar-refractivity contribution in [2.24, 2.45) is 0 Å². The molecule has 2 heterocycles. The molecule has 0 saturated carbocycles. The minimum atomic E-state index is 0. The summed E-state index contributed by atoms with van der Waals surface area (Å²) in [5, 5.41) is 3.16. The number of aromatic nitrogens is 2. The predicted octanol–water partition coefficient (Wildman–Crippen LogP) is 2.59. The number of hydrogen-bond donors (Lipinski definition) is 0. The summed E-state index contributed by atoms with van der Waals surface area (Å²) in [5.41, 5.74) is 4.46. The van der Waals surface area contributed by atoms with Crippen LogP contribution in [0.3, 0.4) is 0 Å². The minimum absolute atomic E-state index is 0. The molecule has 0 saturated heterocycles. The van der Waals surface area contributed by atoms with E-state index in [0.717, 1.165) is 44.8 Å². The van der Waals surface area contributed by atoms with E-state index in [4.69, 9.17) is 4.98 Å². The van der Waals surface area contributed by atoms with E-state index in [2.05, 4.69) is 51.4 Å². The van der Waals surface area contributed by atoms with Gasteiger partial charge >= 0.3 is 0 Å². The lowest BCUT2D eigenvalue weighted by molar-refractivity contribution is -0.00000417. The lowest BCUT2D eigenvalue weighted by Gasteiger charge is -2.01. The predicted molar refractivity (Wildman–Crippen MR) is 92.5 cm³/mol. The van der Waals surface area contributed by atoms with Gasteiger partial charge in [0.1, 0.15) is 5.01 Å². The average molecular weight is 439 g/mol. The van der Waals surface area contributed by atoms with Crippen molar-refractivity contribution in [2.75, 3.05) is 0 Å². The molecule has 3 rings (SSSR count). The molecule has 0 N–H and O–H groups in total. The summed E-state index contributed by atoms with van der Waals surface area (Å²) in [4.78, 5) is 9.16. The zero-order valence-electron chi connectivity index (χ0n) is 12.1. The van der Waals surface area contributed by atoms with Crippen molar-refractivity contribution in [3.8, 4) is 21.8 Å². The quantitative estimate of drug-likeness (QED) is 0.625. The molecule has 22 heavy (non-hydrogen) atoms. The van der Waals surface area contributed by atoms with Crippen LogP contribution in [0.2, 0.25) is 0 Å². The SMILES string of the molecule is CCCc1cc(-c2nc(-c3ccc(Br)cc3)cs2)ccn1.[Br-]. The van der Waals surface area contributed by atoms with Gasteiger partial charge in [0.05, 0.1) is 5.69 Å². The molecule has 0 amide bonds. The number of halogens is 2. The van der Waals surface area contributed by atoms with Gasteiger partial charge in [-0.3, -0.25) is 4.98 Å². The first-order chi connectivity index (χ1) is 10.3. The van der Waals surface area contributed by atoms with Gasteiger partial charge in [-0.1, -0.05) is 41.4 Å². The Morgan fingerprint density at radius 3 is 2.59 bits per heavy atom. The molecule has 114 valence electrons. The molecule has 3 aromatic rings. The highest BCUT2D eigenvalue weighted by molar-refractivity contribution is 9.10. The smallest absolute Gasteiger partial charge is 0.124 e. The standard InChI is InChI=1S/C17H15BrN2S.BrH/c1-2-3-15-10-13(8-9-19-15)17-20-16(11-21-17)12-4-6-14(18)7-5-12;/h4-11H,2-3H2,1H3;1H/p-1. The van der Waals surface area contributed by atoms with E-state index in [0.29, 0.717) is 0 Å². The first kappa shape index (κ1) is 17.3. The number of benzene rings is 1. The van der Waals surface area contributed by atoms with Crippen molar-refractivity contribution in [3.63, 3.8) is 0 Å². The van der Waals surface area contributed by atoms with Gasteiger partial charge in [-0.05, 0) is 30.7 Å². The Bertz CT molecular complexity index is 738. The van der Waals surface area contributed by atoms with E-state index in [-0.39, 0.29) is 17.0 Å². The van der Waals surface area contributed by atoms with Crippen LogP contribution < -0.4 is 17.0 Å². The van der Waals surface area contributed by atoms with E-state index in [1.807, 2.05) is 24.4 Å². The molecule has 0 unspecified atom stereocenters. The number of rotatable bonds is 4. The number of aryl methyl sites for hydroxylation is 1. The molecule has 0 aliphatic heterocycles. The van der Waals surface area contributed by atoms with Crippen LogP contribution in [-0.4, -0.2) is 9.97 Å². The molecule has 0 radical (unpaired) electrons. The number of nitrogens with zero attached hydrogens (tertiary/aromatic N) is 2. The van der Waals surface area contributed by atoms with Gasteiger partial charge in [0, 0.05) is 32.9 Å². The van der Waals surface area contributed by atoms with Crippen molar-refractivity contribution in [2.45, 2.75) is 19.8 Å². The van der Waals surface area contributed by atoms with Crippen molar-refractivity contribution in [1.82, 2.24) is 9.97 Å². The zero-order chi connectivity index (χ0) is 14.7. The topological polar surface area (TPSA) is 25.8 Å². The van der Waals surface area contributed by atoms with Crippen LogP contribution in [0.1, 0.15) is 19.0 Å². The van der Waals surface area contributed by atoms with E-state index >= 15 is 0 Å². The van der Waals surface area contributed by atoms with Crippen molar-refractivity contribution >= 4 is 27.3 Å². The molecule has 0 aliphatic rings. The molecule has 1 aromatic carbocycles. The van der Waals surface area contributed by atoms with Crippen LogP contribution in [0.25, 0.3) is 21.8 Å². The highest BCUT2D eigenvalue weighted by Crippen LogP contribution is 2.29. The maximum atomic E-state index is 4.76. The fourth-order valence-electron chi connectivity index (χ4n) is 2.16. The molecular weight excluding hydrogens is 424 g/mol. The summed E-state index contributed by atoms with van der Waals surface area (Å²) in [5.74, 6) is 0. The summed E-state index contributed by atoms with van der Waals surface area (Å²) in [6.07, 6.45) is 4.00. The van der Waals surface area contributed by atoms with Gasteiger partial charge < -0.3 is 17.0 Å². The summed E-state index contributed by atoms with van der Waals surface area (Å²) < 4.78 is 1.08. The van der Waals surface area contributed by atoms with Gasteiger partial charge in [0.15, 0.2) is 0 Å². The third kappa shape index (κ3) is 4.03. The van der Waals surface area contributed by atoms with Crippen LogP contribution in [0.5, 0.6) is 0 Å². The van der Waals surface area contributed by atoms with Crippen LogP contribution in [-0.2, 0) is 6.42 Å². The second-order valence-corrected chi connectivity index (χ2v) is 6.60. The van der Waals surface area contributed by atoms with Crippen LogP contribution in [0.15, 0.2) is 52.4 Å². The van der Waals surface area contributed by atoms with Gasteiger partial charge in [0.25, 0.3) is 0 Å². The lowest BCUT2D eigenvalue weighted by atomic mass is 10.1. The Morgan fingerprint density at radius 1 is 1.09 bits per heavy atom. The molecule has 0 bridgehead atoms. The largest absolute Gasteiger partial charge is 1.00 e. The Kier molecular flexibility index (Phi) is 6.29. The zero-order valence-corrected chi connectivity index (χ0v) is 16.1. The number of hydrogen-bond acceptors (Lipinski definition) is 3. The summed E-state index contributed by atoms with van der Waals surface area (Å²) in [6.45, 7) is 2.17. The molecule has 0 atom stereocenters. The third-order valence-electron chi connectivity index (χ3n) is 3.21. The van der Waals surface area contributed by atoms with E-state index in [1.165, 1.54) is 0 Å². The van der Waals surface area contributed by atoms with E-state index in [9.17, 15) is 0 Å². The normalized spacial score (nSPS) is 10.3. The molecule has 0 spiro atoms. The monoisotopic (exact) mass is 437 g/mol. The number of pyridine rings is 1. The Morgan fingerprint density at radius 2 is 1.86 bits per heavy atom. The van der Waals surface area contributed by atoms with E-state index in [1.54, 1.807) is 11.3 Å². The summed E-state index contributed by atoms with van der Waals surface area (Å²) in [6, 6.07) is 12.4.